The minimum absolute atomic E-state index is 0.0880. The summed E-state index contributed by atoms with van der Waals surface area (Å²) in [6.07, 6.45) is 0. The van der Waals surface area contributed by atoms with Crippen LogP contribution in [-0.4, -0.2) is 10.0 Å². The van der Waals surface area contributed by atoms with Gasteiger partial charge in [0, 0.05) is 6.07 Å². The maximum absolute atomic E-state index is 10.3. The molecule has 0 heterocycles. The molecule has 0 saturated carbocycles. The summed E-state index contributed by atoms with van der Waals surface area (Å²) in [5.74, 6) is 0. The standard InChI is InChI=1S/C7H6NO3/c9-5-6-3-1-2-4-7(6)8(10)11/h1,3-4,9H,5H2. The Bertz CT molecular complexity index is 272. The van der Waals surface area contributed by atoms with Gasteiger partial charge in [-0.2, -0.15) is 0 Å². The van der Waals surface area contributed by atoms with Gasteiger partial charge in [0.15, 0.2) is 0 Å². The van der Waals surface area contributed by atoms with Gasteiger partial charge in [-0.15, -0.1) is 0 Å². The van der Waals surface area contributed by atoms with Crippen molar-refractivity contribution in [1.82, 2.24) is 0 Å². The third-order valence-electron chi connectivity index (χ3n) is 1.30. The van der Waals surface area contributed by atoms with E-state index in [1.807, 2.05) is 0 Å². The molecule has 11 heavy (non-hydrogen) atoms. The summed E-state index contributed by atoms with van der Waals surface area (Å²) in [5.41, 5.74) is 0.226. The van der Waals surface area contributed by atoms with Gasteiger partial charge in [-0.05, 0) is 12.1 Å². The number of hydrogen-bond acceptors (Lipinski definition) is 3. The molecule has 0 saturated heterocycles. The topological polar surface area (TPSA) is 63.4 Å². The van der Waals surface area contributed by atoms with Gasteiger partial charge in [0.05, 0.1) is 17.1 Å². The van der Waals surface area contributed by atoms with Gasteiger partial charge < -0.3 is 5.11 Å². The highest BCUT2D eigenvalue weighted by Gasteiger charge is 2.09. The first-order chi connectivity index (χ1) is 5.25. The highest BCUT2D eigenvalue weighted by molar-refractivity contribution is 5.38. The third kappa shape index (κ3) is 1.53. The Labute approximate surface area is 63.2 Å². The average molecular weight is 152 g/mol. The van der Waals surface area contributed by atoms with Crippen LogP contribution in [0.3, 0.4) is 0 Å². The number of nitrogens with zero attached hydrogens (tertiary/aromatic N) is 1. The van der Waals surface area contributed by atoms with E-state index >= 15 is 0 Å². The van der Waals surface area contributed by atoms with Crippen LogP contribution < -0.4 is 0 Å². The van der Waals surface area contributed by atoms with Crippen LogP contribution in [-0.2, 0) is 6.61 Å². The second-order valence-corrected chi connectivity index (χ2v) is 1.97. The normalized spacial score (nSPS) is 9.55. The van der Waals surface area contributed by atoms with E-state index in [9.17, 15) is 10.1 Å². The molecule has 0 bridgehead atoms. The second-order valence-electron chi connectivity index (χ2n) is 1.97. The van der Waals surface area contributed by atoms with Crippen LogP contribution >= 0.6 is 0 Å². The van der Waals surface area contributed by atoms with E-state index < -0.39 is 4.92 Å². The molecular weight excluding hydrogens is 146 g/mol. The molecule has 4 nitrogen and oxygen atoms in total. The summed E-state index contributed by atoms with van der Waals surface area (Å²) >= 11 is 0. The Morgan fingerprint density at radius 3 is 2.91 bits per heavy atom. The zero-order chi connectivity index (χ0) is 8.27. The van der Waals surface area contributed by atoms with E-state index in [2.05, 4.69) is 6.07 Å². The first kappa shape index (κ1) is 7.68. The fourth-order valence-corrected chi connectivity index (χ4v) is 0.757. The highest BCUT2D eigenvalue weighted by Crippen LogP contribution is 2.16. The molecule has 0 aliphatic rings. The van der Waals surface area contributed by atoms with Crippen LogP contribution in [0.25, 0.3) is 0 Å². The van der Waals surface area contributed by atoms with E-state index in [1.165, 1.54) is 18.2 Å². The number of nitro benzene ring substituents is 1. The van der Waals surface area contributed by atoms with Gasteiger partial charge in [0.25, 0.3) is 5.69 Å². The molecule has 0 amide bonds. The molecule has 4 heteroatoms. The van der Waals surface area contributed by atoms with Gasteiger partial charge in [-0.25, -0.2) is 0 Å². The van der Waals surface area contributed by atoms with Gasteiger partial charge in [0.1, 0.15) is 0 Å². The minimum Gasteiger partial charge on any atom is -0.391 e. The zero-order valence-corrected chi connectivity index (χ0v) is 5.65. The van der Waals surface area contributed by atoms with E-state index in [4.69, 9.17) is 5.11 Å². The Morgan fingerprint density at radius 1 is 1.73 bits per heavy atom. The summed E-state index contributed by atoms with van der Waals surface area (Å²) in [5, 5.41) is 18.9. The molecular formula is C7H6NO3. The molecule has 0 aromatic heterocycles. The fourth-order valence-electron chi connectivity index (χ4n) is 0.757. The molecule has 0 aliphatic carbocycles. The van der Waals surface area contributed by atoms with E-state index in [0.29, 0.717) is 5.56 Å². The Kier molecular flexibility index (Phi) is 2.18. The lowest BCUT2D eigenvalue weighted by molar-refractivity contribution is -0.385. The van der Waals surface area contributed by atoms with E-state index in [1.54, 1.807) is 0 Å². The van der Waals surface area contributed by atoms with Gasteiger partial charge in [-0.1, -0.05) is 6.07 Å². The maximum Gasteiger partial charge on any atom is 0.275 e. The van der Waals surface area contributed by atoms with Crippen molar-refractivity contribution >= 4 is 5.69 Å². The number of benzene rings is 1. The molecule has 57 valence electrons. The van der Waals surface area contributed by atoms with Crippen LogP contribution in [0.15, 0.2) is 18.2 Å². The van der Waals surface area contributed by atoms with E-state index in [-0.39, 0.29) is 12.3 Å². The first-order valence-electron chi connectivity index (χ1n) is 3.00. The van der Waals surface area contributed by atoms with Crippen molar-refractivity contribution in [3.05, 3.63) is 39.9 Å². The number of aliphatic hydroxyl groups excluding tert-OH is 1. The lowest BCUT2D eigenvalue weighted by Crippen LogP contribution is -1.94. The Morgan fingerprint density at radius 2 is 2.45 bits per heavy atom. The summed E-state index contributed by atoms with van der Waals surface area (Å²) in [6, 6.07) is 6.80. The van der Waals surface area contributed by atoms with Gasteiger partial charge >= 0.3 is 0 Å². The first-order valence-corrected chi connectivity index (χ1v) is 3.00. The van der Waals surface area contributed by atoms with Crippen LogP contribution in [0, 0.1) is 16.2 Å². The summed E-state index contributed by atoms with van der Waals surface area (Å²) in [4.78, 5) is 9.72. The van der Waals surface area contributed by atoms with Crippen molar-refractivity contribution < 1.29 is 10.0 Å². The van der Waals surface area contributed by atoms with Crippen molar-refractivity contribution in [1.29, 1.82) is 0 Å². The average Bonchev–Trinajstić information content (AvgIpc) is 2.04. The summed E-state index contributed by atoms with van der Waals surface area (Å²) in [6.45, 7) is -0.314. The minimum atomic E-state index is -0.540. The van der Waals surface area contributed by atoms with Crippen molar-refractivity contribution in [2.45, 2.75) is 6.61 Å². The monoisotopic (exact) mass is 152 g/mol. The zero-order valence-electron chi connectivity index (χ0n) is 5.65. The summed E-state index contributed by atoms with van der Waals surface area (Å²) < 4.78 is 0. The van der Waals surface area contributed by atoms with Crippen molar-refractivity contribution in [3.63, 3.8) is 0 Å². The van der Waals surface area contributed by atoms with Gasteiger partial charge in [0.2, 0.25) is 0 Å². The smallest absolute Gasteiger partial charge is 0.275 e. The Hall–Kier alpha value is -1.42. The van der Waals surface area contributed by atoms with Crippen LogP contribution in [0.5, 0.6) is 0 Å². The molecule has 0 aliphatic heterocycles. The lowest BCUT2D eigenvalue weighted by atomic mass is 10.2. The molecule has 0 spiro atoms. The third-order valence-corrected chi connectivity index (χ3v) is 1.30. The van der Waals surface area contributed by atoms with Crippen LogP contribution in [0.4, 0.5) is 5.69 Å². The summed E-state index contributed by atoms with van der Waals surface area (Å²) in [7, 11) is 0. The number of rotatable bonds is 2. The van der Waals surface area contributed by atoms with Gasteiger partial charge in [-0.3, -0.25) is 10.1 Å². The Balaban J connectivity index is 3.12. The molecule has 0 atom stereocenters. The largest absolute Gasteiger partial charge is 0.391 e. The van der Waals surface area contributed by atoms with Crippen molar-refractivity contribution in [2.75, 3.05) is 0 Å². The SMILES string of the molecule is O=[N+]([O-])c1c[c]ccc1CO. The molecule has 0 unspecified atom stereocenters. The molecule has 1 aromatic rings. The molecule has 1 aromatic carbocycles. The predicted octanol–water partition coefficient (Wildman–Crippen LogP) is 0.887. The quantitative estimate of drug-likeness (QED) is 0.505. The molecule has 1 N–H and O–H groups in total. The second kappa shape index (κ2) is 3.12. The fraction of sp³-hybridized carbons (Fsp3) is 0.143. The maximum atomic E-state index is 10.3. The predicted molar refractivity (Wildman–Crippen MR) is 37.9 cm³/mol. The van der Waals surface area contributed by atoms with Crippen LogP contribution in [0.1, 0.15) is 5.56 Å². The lowest BCUT2D eigenvalue weighted by Gasteiger charge is -1.95. The molecule has 1 rings (SSSR count). The van der Waals surface area contributed by atoms with E-state index in [0.717, 1.165) is 0 Å². The number of nitro groups is 1. The highest BCUT2D eigenvalue weighted by atomic mass is 16.6. The van der Waals surface area contributed by atoms with Crippen molar-refractivity contribution in [2.24, 2.45) is 0 Å². The molecule has 0 fully saturated rings. The van der Waals surface area contributed by atoms with Crippen LogP contribution in [0.2, 0.25) is 0 Å². The number of hydrogen-bond donors (Lipinski definition) is 1. The number of aliphatic hydroxyl groups is 1. The molecule has 1 radical (unpaired) electrons. The van der Waals surface area contributed by atoms with Crippen molar-refractivity contribution in [3.8, 4) is 0 Å².